The summed E-state index contributed by atoms with van der Waals surface area (Å²) >= 11 is 0. The Morgan fingerprint density at radius 3 is 1.96 bits per heavy atom. The fourth-order valence-corrected chi connectivity index (χ4v) is 2.75. The van der Waals surface area contributed by atoms with Crippen LogP contribution in [-0.4, -0.2) is 37.6 Å². The summed E-state index contributed by atoms with van der Waals surface area (Å²) in [5.41, 5.74) is 2.34. The van der Waals surface area contributed by atoms with E-state index in [1.54, 1.807) is 0 Å². The maximum absolute atomic E-state index is 9.08. The Bertz CT molecular complexity index is 687. The molecule has 1 heterocycles. The Kier molecular flexibility index (Phi) is 5.84. The lowest BCUT2D eigenvalue weighted by Crippen LogP contribution is -2.19. The van der Waals surface area contributed by atoms with Crippen LogP contribution >= 0.6 is 0 Å². The van der Waals surface area contributed by atoms with Crippen LogP contribution in [0.1, 0.15) is 31.9 Å². The van der Waals surface area contributed by atoms with Crippen molar-refractivity contribution in [2.45, 2.75) is 32.3 Å². The van der Waals surface area contributed by atoms with E-state index in [0.717, 1.165) is 18.1 Å². The largest absolute Gasteiger partial charge is 0.493 e. The molecular formula is C22H28O4. The molecule has 0 radical (unpaired) electrons. The highest BCUT2D eigenvalue weighted by atomic mass is 16.6. The van der Waals surface area contributed by atoms with E-state index in [4.69, 9.17) is 19.3 Å². The molecule has 2 aromatic carbocycles. The summed E-state index contributed by atoms with van der Waals surface area (Å²) in [6.45, 7) is 8.48. The summed E-state index contributed by atoms with van der Waals surface area (Å²) in [5, 5.41) is 9.08. The number of hydrogen-bond acceptors (Lipinski definition) is 4. The van der Waals surface area contributed by atoms with Gasteiger partial charge >= 0.3 is 0 Å². The molecule has 0 bridgehead atoms. The van der Waals surface area contributed by atoms with Gasteiger partial charge in [0.25, 0.3) is 0 Å². The molecule has 4 nitrogen and oxygen atoms in total. The fourth-order valence-electron chi connectivity index (χ4n) is 2.75. The topological polar surface area (TPSA) is 51.2 Å². The molecule has 0 spiro atoms. The van der Waals surface area contributed by atoms with Gasteiger partial charge in [0.2, 0.25) is 0 Å². The Hall–Kier alpha value is -2.04. The smallest absolute Gasteiger partial charge is 0.119 e. The van der Waals surface area contributed by atoms with Gasteiger partial charge in [-0.2, -0.15) is 0 Å². The highest BCUT2D eigenvalue weighted by molar-refractivity contribution is 5.41. The average Bonchev–Trinajstić information content (AvgIpc) is 3.49. The first-order valence-electron chi connectivity index (χ1n) is 9.18. The van der Waals surface area contributed by atoms with E-state index in [2.05, 4.69) is 38.1 Å². The van der Waals surface area contributed by atoms with Crippen molar-refractivity contribution in [1.29, 1.82) is 0 Å². The summed E-state index contributed by atoms with van der Waals surface area (Å²) in [6.07, 6.45) is 0.271. The summed E-state index contributed by atoms with van der Waals surface area (Å²) in [4.78, 5) is 0. The number of ether oxygens (including phenoxy) is 3. The van der Waals surface area contributed by atoms with Gasteiger partial charge in [0, 0.05) is 17.9 Å². The minimum atomic E-state index is -0.116. The molecule has 0 saturated carbocycles. The van der Waals surface area contributed by atoms with Crippen molar-refractivity contribution in [3.8, 4) is 11.5 Å². The quantitative estimate of drug-likeness (QED) is 0.695. The first kappa shape index (κ1) is 18.7. The Morgan fingerprint density at radius 1 is 1.00 bits per heavy atom. The molecule has 26 heavy (non-hydrogen) atoms. The summed E-state index contributed by atoms with van der Waals surface area (Å²) < 4.78 is 16.6. The zero-order valence-electron chi connectivity index (χ0n) is 15.8. The molecule has 1 saturated heterocycles. The van der Waals surface area contributed by atoms with E-state index in [1.807, 2.05) is 31.2 Å². The maximum atomic E-state index is 9.08. The third-order valence-electron chi connectivity index (χ3n) is 4.84. The van der Waals surface area contributed by atoms with Gasteiger partial charge in [-0.25, -0.2) is 0 Å². The number of aliphatic hydroxyl groups is 1. The van der Waals surface area contributed by atoms with Gasteiger partial charge in [0.05, 0.1) is 13.2 Å². The second-order valence-electron chi connectivity index (χ2n) is 7.54. The van der Waals surface area contributed by atoms with Crippen LogP contribution in [0.2, 0.25) is 0 Å². The lowest BCUT2D eigenvalue weighted by molar-refractivity contribution is 0.174. The van der Waals surface area contributed by atoms with Crippen molar-refractivity contribution in [3.63, 3.8) is 0 Å². The molecule has 1 fully saturated rings. The number of aliphatic hydroxyl groups excluding tert-OH is 1. The van der Waals surface area contributed by atoms with Gasteiger partial charge in [-0.15, -0.1) is 0 Å². The zero-order chi connectivity index (χ0) is 18.6. The summed E-state index contributed by atoms with van der Waals surface area (Å²) in [7, 11) is 0. The monoisotopic (exact) mass is 356 g/mol. The molecule has 0 amide bonds. The van der Waals surface area contributed by atoms with Gasteiger partial charge in [-0.1, -0.05) is 45.0 Å². The molecule has 2 unspecified atom stereocenters. The molecule has 1 aliphatic heterocycles. The van der Waals surface area contributed by atoms with Crippen molar-refractivity contribution in [3.05, 3.63) is 59.7 Å². The second-order valence-corrected chi connectivity index (χ2v) is 7.54. The SMILES string of the molecule is CC(CO)COc1ccc(C(C)(C)c2ccc(OCC3CO3)cc2)cc1. The van der Waals surface area contributed by atoms with E-state index < -0.39 is 0 Å². The lowest BCUT2D eigenvalue weighted by atomic mass is 9.78. The van der Waals surface area contributed by atoms with Gasteiger partial charge in [-0.05, 0) is 35.4 Å². The molecule has 4 heteroatoms. The van der Waals surface area contributed by atoms with Crippen molar-refractivity contribution >= 4 is 0 Å². The number of benzene rings is 2. The van der Waals surface area contributed by atoms with Crippen molar-refractivity contribution in [2.75, 3.05) is 26.4 Å². The molecular weight excluding hydrogens is 328 g/mol. The van der Waals surface area contributed by atoms with Crippen LogP contribution in [0.4, 0.5) is 0 Å². The predicted octanol–water partition coefficient (Wildman–Crippen LogP) is 3.80. The van der Waals surface area contributed by atoms with Gasteiger partial charge in [0.15, 0.2) is 0 Å². The minimum absolute atomic E-state index is 0.116. The van der Waals surface area contributed by atoms with E-state index >= 15 is 0 Å². The van der Waals surface area contributed by atoms with Gasteiger partial charge < -0.3 is 19.3 Å². The van der Waals surface area contributed by atoms with Crippen LogP contribution in [0.5, 0.6) is 11.5 Å². The maximum Gasteiger partial charge on any atom is 0.119 e. The predicted molar refractivity (Wildman–Crippen MR) is 102 cm³/mol. The van der Waals surface area contributed by atoms with Crippen LogP contribution < -0.4 is 9.47 Å². The molecule has 0 aliphatic carbocycles. The molecule has 3 rings (SSSR count). The Balaban J connectivity index is 1.64. The minimum Gasteiger partial charge on any atom is -0.493 e. The first-order valence-corrected chi connectivity index (χ1v) is 9.18. The van der Waals surface area contributed by atoms with E-state index in [0.29, 0.717) is 13.2 Å². The summed E-state index contributed by atoms with van der Waals surface area (Å²) in [5.74, 6) is 1.84. The normalized spacial score (nSPS) is 17.6. The van der Waals surface area contributed by atoms with Gasteiger partial charge in [-0.3, -0.25) is 0 Å². The second kappa shape index (κ2) is 8.11. The van der Waals surface area contributed by atoms with Crippen LogP contribution in [-0.2, 0) is 10.2 Å². The van der Waals surface area contributed by atoms with Crippen molar-refractivity contribution in [2.24, 2.45) is 5.92 Å². The van der Waals surface area contributed by atoms with E-state index in [-0.39, 0.29) is 24.0 Å². The number of hydrogen-bond donors (Lipinski definition) is 1. The highest BCUT2D eigenvalue weighted by Crippen LogP contribution is 2.33. The fraction of sp³-hybridized carbons (Fsp3) is 0.455. The molecule has 1 N–H and O–H groups in total. The van der Waals surface area contributed by atoms with Crippen molar-refractivity contribution < 1.29 is 19.3 Å². The molecule has 140 valence electrons. The average molecular weight is 356 g/mol. The molecule has 1 aliphatic rings. The first-order chi connectivity index (χ1) is 12.5. The van der Waals surface area contributed by atoms with Crippen LogP contribution in [0.3, 0.4) is 0 Å². The third-order valence-corrected chi connectivity index (χ3v) is 4.84. The number of rotatable bonds is 9. The van der Waals surface area contributed by atoms with E-state index in [9.17, 15) is 0 Å². The molecule has 2 aromatic rings. The summed E-state index contributed by atoms with van der Waals surface area (Å²) in [6, 6.07) is 16.5. The standard InChI is InChI=1S/C22H28O4/c1-16(12-23)13-24-19-8-4-17(5-9-19)22(2,3)18-6-10-20(11-7-18)25-14-21-15-26-21/h4-11,16,21,23H,12-15H2,1-3H3. The van der Waals surface area contributed by atoms with Crippen molar-refractivity contribution in [1.82, 2.24) is 0 Å². The van der Waals surface area contributed by atoms with E-state index in [1.165, 1.54) is 11.1 Å². The van der Waals surface area contributed by atoms with Crippen LogP contribution in [0.25, 0.3) is 0 Å². The lowest BCUT2D eigenvalue weighted by Gasteiger charge is -2.26. The van der Waals surface area contributed by atoms with Crippen LogP contribution in [0.15, 0.2) is 48.5 Å². The molecule has 0 aromatic heterocycles. The van der Waals surface area contributed by atoms with Crippen LogP contribution in [0, 0.1) is 5.92 Å². The zero-order valence-corrected chi connectivity index (χ0v) is 15.8. The Morgan fingerprint density at radius 2 is 1.50 bits per heavy atom. The Labute approximate surface area is 155 Å². The molecule has 2 atom stereocenters. The number of epoxide rings is 1. The van der Waals surface area contributed by atoms with Gasteiger partial charge in [0.1, 0.15) is 24.2 Å². The third kappa shape index (κ3) is 4.77. The highest BCUT2D eigenvalue weighted by Gasteiger charge is 2.24.